The molecule has 0 saturated heterocycles. The van der Waals surface area contributed by atoms with Gasteiger partial charge in [0.15, 0.2) is 0 Å². The molecule has 1 radical (unpaired) electrons. The predicted molar refractivity (Wildman–Crippen MR) is 159 cm³/mol. The first kappa shape index (κ1) is 43.0. The maximum Gasteiger partial charge on any atom is 0.262 e. The summed E-state index contributed by atoms with van der Waals surface area (Å²) in [5.41, 5.74) is 4.65. The van der Waals surface area contributed by atoms with Gasteiger partial charge in [-0.05, 0) is 67.9 Å². The Morgan fingerprint density at radius 3 is 2.00 bits per heavy atom. The third kappa shape index (κ3) is 13.8. The molecule has 0 N–H and O–H groups in total. The Kier molecular flexibility index (Phi) is 26.5. The Balaban J connectivity index is -0.000000712. The monoisotopic (exact) mass is 885 g/mol. The first-order valence-electron chi connectivity index (χ1n) is 10.8. The van der Waals surface area contributed by atoms with Gasteiger partial charge in [0.2, 0.25) is 0 Å². The molecule has 8 nitrogen and oxygen atoms in total. The second-order valence-electron chi connectivity index (χ2n) is 7.33. The molecule has 0 spiro atoms. The number of benzene rings is 2. The first-order valence-corrected chi connectivity index (χ1v) is 17.1. The van der Waals surface area contributed by atoms with Gasteiger partial charge in [0, 0.05) is 78.5 Å². The summed E-state index contributed by atoms with van der Waals surface area (Å²) in [6.07, 6.45) is 2.81. The van der Waals surface area contributed by atoms with Crippen LogP contribution >= 0.6 is 25.0 Å². The van der Waals surface area contributed by atoms with E-state index < -0.39 is 0 Å². The molecule has 2 aromatic heterocycles. The van der Waals surface area contributed by atoms with Gasteiger partial charge in [-0.25, -0.2) is 0 Å². The van der Waals surface area contributed by atoms with Gasteiger partial charge >= 0.3 is 30.6 Å². The van der Waals surface area contributed by atoms with Crippen molar-refractivity contribution in [2.75, 3.05) is 0 Å². The van der Waals surface area contributed by atoms with Crippen molar-refractivity contribution in [3.63, 3.8) is 0 Å². The van der Waals surface area contributed by atoms with Gasteiger partial charge in [-0.1, -0.05) is 29.3 Å². The molecule has 0 atom stereocenters. The van der Waals surface area contributed by atoms with Crippen LogP contribution in [0, 0.1) is 20.8 Å². The van der Waals surface area contributed by atoms with E-state index in [0.717, 1.165) is 33.9 Å². The fraction of sp³-hybridized carbons (Fsp3) is 0.103. The van der Waals surface area contributed by atoms with Crippen molar-refractivity contribution in [3.05, 3.63) is 112 Å². The normalized spacial score (nSPS) is 8.51. The van der Waals surface area contributed by atoms with Crippen LogP contribution in [0.4, 0.5) is 0 Å². The summed E-state index contributed by atoms with van der Waals surface area (Å²) in [5, 5.41) is 9.86. The summed E-state index contributed by atoms with van der Waals surface area (Å²) in [6.45, 7) is 17.1. The quantitative estimate of drug-likeness (QED) is 0.149. The van der Waals surface area contributed by atoms with Gasteiger partial charge in [0.25, 0.3) is 5.91 Å². The van der Waals surface area contributed by atoms with Gasteiger partial charge < -0.3 is 31.5 Å². The van der Waals surface area contributed by atoms with E-state index in [-0.39, 0.29) is 50.8 Å². The largest absolute Gasteiger partial charge is 0.809 e. The Labute approximate surface area is 287 Å². The summed E-state index contributed by atoms with van der Waals surface area (Å²) in [4.78, 5) is 51.6. The number of carbonyl (C=O) groups excluding carboxylic acids is 5. The van der Waals surface area contributed by atoms with Crippen molar-refractivity contribution in [2.24, 2.45) is 0 Å². The zero-order valence-corrected chi connectivity index (χ0v) is 30.1. The molecule has 0 saturated carbocycles. The number of halogens is 2. The Bertz CT molecular complexity index is 1350. The second kappa shape index (κ2) is 25.3. The van der Waals surface area contributed by atoms with Crippen LogP contribution in [0.1, 0.15) is 32.9 Å². The Morgan fingerprint density at radius 2 is 1.56 bits per heavy atom. The summed E-state index contributed by atoms with van der Waals surface area (Å²) in [7, 11) is 0. The molecule has 2 heterocycles. The number of nitrogens with zero attached hydrogens (tertiary/aromatic N) is 3. The molecule has 12 heteroatoms. The minimum Gasteiger partial charge on any atom is -0.809 e. The van der Waals surface area contributed by atoms with Crippen molar-refractivity contribution < 1.29 is 73.9 Å². The molecule has 0 fully saturated rings. The van der Waals surface area contributed by atoms with E-state index in [1.54, 1.807) is 47.2 Å². The molecule has 4 rings (SSSR count). The number of carbonyl (C=O) groups is 2. The van der Waals surface area contributed by atoms with Crippen LogP contribution in [0.5, 0.6) is 0 Å². The van der Waals surface area contributed by atoms with Gasteiger partial charge in [0.1, 0.15) is 0 Å². The summed E-state index contributed by atoms with van der Waals surface area (Å²) < 4.78 is 1.66. The number of hydrogen-bond donors (Lipinski definition) is 0. The standard InChI is InChI=1S/C20H17ClNO2.C6H5N2.3CHO.BrH.Re.Y/c1-12-4-9-19-18(10-12)17(11-13(2)23)14(3)22(19)20(24)15-5-7-16(21)8-6-15;7-5-6-3-1-2-4-8-6;3*1-2;;;/h4-10H,2,11H2,1,3H3;1-5H;3*1H;1H;;/q5*-1;;+1;/p-1. The van der Waals surface area contributed by atoms with Crippen molar-refractivity contribution in [1.82, 2.24) is 9.55 Å². The third-order valence-corrected chi connectivity index (χ3v) is 5.23. The van der Waals surface area contributed by atoms with E-state index in [0.29, 0.717) is 16.3 Å². The minimum atomic E-state index is -0.169. The molecule has 4 aromatic rings. The maximum atomic E-state index is 13.0. The molecule has 0 aliphatic carbocycles. The molecular formula is C29H25BrClN3O5ReY-5. The van der Waals surface area contributed by atoms with Crippen LogP contribution in [0.3, 0.4) is 0 Å². The molecule has 0 unspecified atom stereocenters. The maximum absolute atomic E-state index is 13.0. The summed E-state index contributed by atoms with van der Waals surface area (Å²) in [5.74, 6) is -0.307. The molecule has 0 bridgehead atoms. The van der Waals surface area contributed by atoms with Gasteiger partial charge in [0.05, 0.1) is 5.52 Å². The summed E-state index contributed by atoms with van der Waals surface area (Å²) >= 11 is 10.4. The molecule has 0 aliphatic rings. The Hall–Kier alpha value is -2.44. The Morgan fingerprint density at radius 1 is 1.00 bits per heavy atom. The summed E-state index contributed by atoms with van der Waals surface area (Å²) in [6, 6.07) is 18.0. The average molecular weight is 886 g/mol. The van der Waals surface area contributed by atoms with E-state index in [1.165, 1.54) is 17.2 Å². The minimum absolute atomic E-state index is 0. The number of fused-ring (bicyclic) bond motifs is 1. The number of aromatic nitrogens is 2. The van der Waals surface area contributed by atoms with Gasteiger partial charge in [-0.2, -0.15) is 6.21 Å². The fourth-order valence-electron chi connectivity index (χ4n) is 3.45. The van der Waals surface area contributed by atoms with Crippen molar-refractivity contribution in [2.45, 2.75) is 20.3 Å². The first-order chi connectivity index (χ1) is 19.3. The van der Waals surface area contributed by atoms with Crippen LogP contribution in [-0.2, 0) is 75.5 Å². The topological polar surface area (TPSA) is 125 Å². The number of Topliss-reactive ketones (excluding diaryl/α,β-unsaturated/α-hetero) is 1. The number of ketones is 1. The number of rotatable bonds is 4. The number of hydrogen-bond acceptors (Lipinski definition) is 6. The van der Waals surface area contributed by atoms with E-state index in [1.807, 2.05) is 38.1 Å². The average Bonchev–Trinajstić information content (AvgIpc) is 3.27. The predicted octanol–water partition coefficient (Wildman–Crippen LogP) is 5.63. The molecule has 0 aliphatic heterocycles. The van der Waals surface area contributed by atoms with E-state index in [4.69, 9.17) is 31.4 Å². The molecule has 215 valence electrons. The SMILES string of the molecule is [Br][Re].[CH-]=O.[CH-]=O.[CH-]=O.[CH2-]C(=O)Cc1c(C)n(C(=O)c2ccc(Cl)cc2)c2ccc(C)cc12.[N-]=Cc1ccccn1.[Y]. The number of aryl methyl sites for hydroxylation is 1. The van der Waals surface area contributed by atoms with E-state index in [9.17, 15) is 9.59 Å². The molecular weight excluding hydrogens is 861 g/mol. The van der Waals surface area contributed by atoms with Gasteiger partial charge in [-0.15, -0.1) is 0 Å². The van der Waals surface area contributed by atoms with Crippen LogP contribution in [0.15, 0.2) is 66.9 Å². The van der Waals surface area contributed by atoms with Crippen molar-refractivity contribution in [1.29, 1.82) is 0 Å². The van der Waals surface area contributed by atoms with Crippen molar-refractivity contribution in [3.8, 4) is 0 Å². The van der Waals surface area contributed by atoms with Crippen LogP contribution in [0.2, 0.25) is 5.02 Å². The van der Waals surface area contributed by atoms with E-state index >= 15 is 0 Å². The third-order valence-electron chi connectivity index (χ3n) is 4.98. The fourth-order valence-corrected chi connectivity index (χ4v) is 3.58. The second-order valence-corrected chi connectivity index (χ2v) is 7.77. The zero-order chi connectivity index (χ0) is 31.3. The number of pyridine rings is 1. The van der Waals surface area contributed by atoms with Crippen molar-refractivity contribution >= 4 is 74.2 Å². The van der Waals surface area contributed by atoms with Crippen LogP contribution < -0.4 is 0 Å². The molecule has 2 aromatic carbocycles. The zero-order valence-electron chi connectivity index (χ0n) is 22.2. The van der Waals surface area contributed by atoms with Crippen LogP contribution in [-0.4, -0.2) is 47.8 Å². The molecule has 41 heavy (non-hydrogen) atoms. The van der Waals surface area contributed by atoms with E-state index in [2.05, 4.69) is 45.7 Å². The van der Waals surface area contributed by atoms with Gasteiger partial charge in [-0.3, -0.25) is 34.7 Å². The van der Waals surface area contributed by atoms with Crippen LogP contribution in [0.25, 0.3) is 16.3 Å². The molecule has 0 amide bonds. The smallest absolute Gasteiger partial charge is 0.262 e.